The van der Waals surface area contributed by atoms with E-state index in [1.165, 1.54) is 12.1 Å². The third-order valence-electron chi connectivity index (χ3n) is 2.20. The van der Waals surface area contributed by atoms with Gasteiger partial charge in [0, 0.05) is 6.42 Å². The summed E-state index contributed by atoms with van der Waals surface area (Å²) in [6.07, 6.45) is 1.64. The maximum atomic E-state index is 12.0. The maximum Gasteiger partial charge on any atom is 0.387 e. The number of benzene rings is 1. The van der Waals surface area contributed by atoms with Crippen LogP contribution in [0.15, 0.2) is 18.2 Å². The van der Waals surface area contributed by atoms with Gasteiger partial charge < -0.3 is 9.53 Å². The van der Waals surface area contributed by atoms with Crippen LogP contribution in [-0.4, -0.2) is 12.9 Å². The van der Waals surface area contributed by atoms with Crippen LogP contribution in [-0.2, 0) is 17.6 Å². The Kier molecular flexibility index (Phi) is 5.08. The Morgan fingerprint density at radius 3 is 2.76 bits per heavy atom. The lowest BCUT2D eigenvalue weighted by atomic mass is 10.0. The molecule has 0 radical (unpaired) electrons. The van der Waals surface area contributed by atoms with Crippen molar-refractivity contribution in [3.8, 4) is 11.8 Å². The number of aldehydes is 1. The van der Waals surface area contributed by atoms with E-state index in [4.69, 9.17) is 5.26 Å². The maximum absolute atomic E-state index is 12.0. The lowest BCUT2D eigenvalue weighted by Crippen LogP contribution is -2.03. The number of aryl methyl sites for hydroxylation is 1. The molecule has 5 heteroatoms. The fraction of sp³-hybridized carbons (Fsp3) is 0.333. The minimum absolute atomic E-state index is 0.0441. The minimum atomic E-state index is -2.88. The molecule has 0 saturated carbocycles. The summed E-state index contributed by atoms with van der Waals surface area (Å²) in [6.45, 7) is -2.88. The molecule has 0 N–H and O–H groups in total. The molecule has 0 aromatic heterocycles. The fourth-order valence-electron chi connectivity index (χ4n) is 1.48. The smallest absolute Gasteiger partial charge is 0.387 e. The average Bonchev–Trinajstić information content (AvgIpc) is 2.28. The van der Waals surface area contributed by atoms with Crippen molar-refractivity contribution in [2.24, 2.45) is 0 Å². The molecule has 1 aromatic rings. The van der Waals surface area contributed by atoms with Crippen LogP contribution in [0.1, 0.15) is 17.5 Å². The van der Waals surface area contributed by atoms with Gasteiger partial charge in [0.2, 0.25) is 0 Å². The molecule has 1 rings (SSSR count). The van der Waals surface area contributed by atoms with E-state index < -0.39 is 6.61 Å². The minimum Gasteiger partial charge on any atom is -0.435 e. The van der Waals surface area contributed by atoms with Crippen molar-refractivity contribution in [2.75, 3.05) is 0 Å². The van der Waals surface area contributed by atoms with E-state index in [-0.39, 0.29) is 18.6 Å². The Balaban J connectivity index is 2.92. The van der Waals surface area contributed by atoms with Gasteiger partial charge in [-0.15, -0.1) is 0 Å². The van der Waals surface area contributed by atoms with Gasteiger partial charge in [0.15, 0.2) is 0 Å². The van der Waals surface area contributed by atoms with E-state index in [0.29, 0.717) is 12.0 Å². The summed E-state index contributed by atoms with van der Waals surface area (Å²) in [5, 5.41) is 8.61. The van der Waals surface area contributed by atoms with E-state index in [0.717, 1.165) is 11.8 Å². The summed E-state index contributed by atoms with van der Waals surface area (Å²) in [4.78, 5) is 10.3. The van der Waals surface area contributed by atoms with Gasteiger partial charge in [0.1, 0.15) is 12.0 Å². The monoisotopic (exact) mass is 239 g/mol. The number of hydrogen-bond donors (Lipinski definition) is 0. The molecule has 0 unspecified atom stereocenters. The summed E-state index contributed by atoms with van der Waals surface area (Å²) in [6, 6.07) is 6.39. The van der Waals surface area contributed by atoms with E-state index >= 15 is 0 Å². The molecule has 90 valence electrons. The third-order valence-corrected chi connectivity index (χ3v) is 2.20. The van der Waals surface area contributed by atoms with Gasteiger partial charge in [-0.25, -0.2) is 0 Å². The summed E-state index contributed by atoms with van der Waals surface area (Å²) in [5.74, 6) is 0.0441. The molecular formula is C12H11F2NO2. The first-order valence-corrected chi connectivity index (χ1v) is 5.04. The molecule has 0 saturated heterocycles. The normalized spacial score (nSPS) is 10.0. The summed E-state index contributed by atoms with van der Waals surface area (Å²) in [5.41, 5.74) is 1.42. The fourth-order valence-corrected chi connectivity index (χ4v) is 1.48. The molecule has 0 bridgehead atoms. The first-order chi connectivity index (χ1) is 8.17. The zero-order chi connectivity index (χ0) is 12.7. The van der Waals surface area contributed by atoms with E-state index in [1.54, 1.807) is 6.07 Å². The molecule has 0 aliphatic rings. The predicted molar refractivity (Wildman–Crippen MR) is 56.8 cm³/mol. The van der Waals surface area contributed by atoms with E-state index in [9.17, 15) is 13.6 Å². The summed E-state index contributed by atoms with van der Waals surface area (Å²) < 4.78 is 28.3. The van der Waals surface area contributed by atoms with Crippen LogP contribution >= 0.6 is 0 Å². The molecule has 0 fully saturated rings. The zero-order valence-electron chi connectivity index (χ0n) is 9.03. The average molecular weight is 239 g/mol. The highest BCUT2D eigenvalue weighted by molar-refractivity contribution is 5.51. The van der Waals surface area contributed by atoms with Gasteiger partial charge in [-0.3, -0.25) is 0 Å². The van der Waals surface area contributed by atoms with Crippen molar-refractivity contribution >= 4 is 6.29 Å². The Morgan fingerprint density at radius 1 is 1.41 bits per heavy atom. The van der Waals surface area contributed by atoms with Crippen molar-refractivity contribution in [2.45, 2.75) is 25.9 Å². The Bertz CT molecular complexity index is 427. The van der Waals surface area contributed by atoms with Crippen molar-refractivity contribution in [3.05, 3.63) is 29.3 Å². The number of rotatable bonds is 6. The molecule has 0 aliphatic heterocycles. The summed E-state index contributed by atoms with van der Waals surface area (Å²) in [7, 11) is 0. The van der Waals surface area contributed by atoms with E-state index in [1.807, 2.05) is 6.07 Å². The van der Waals surface area contributed by atoms with Crippen LogP contribution in [0.5, 0.6) is 5.75 Å². The van der Waals surface area contributed by atoms with E-state index in [2.05, 4.69) is 4.74 Å². The number of nitrogens with zero attached hydrogens (tertiary/aromatic N) is 1. The van der Waals surface area contributed by atoms with Crippen molar-refractivity contribution in [1.29, 1.82) is 5.26 Å². The highest BCUT2D eigenvalue weighted by atomic mass is 19.3. The molecule has 0 aliphatic carbocycles. The first kappa shape index (κ1) is 13.1. The lowest BCUT2D eigenvalue weighted by molar-refractivity contribution is -0.107. The second-order valence-electron chi connectivity index (χ2n) is 3.35. The van der Waals surface area contributed by atoms with Crippen LogP contribution in [0.3, 0.4) is 0 Å². The number of nitriles is 1. The Labute approximate surface area is 97.6 Å². The molecule has 0 heterocycles. The molecule has 0 atom stereocenters. The molecule has 17 heavy (non-hydrogen) atoms. The number of ether oxygens (including phenoxy) is 1. The number of carbonyl (C=O) groups is 1. The largest absolute Gasteiger partial charge is 0.435 e. The van der Waals surface area contributed by atoms with Gasteiger partial charge in [-0.1, -0.05) is 6.07 Å². The molecule has 1 aromatic carbocycles. The highest BCUT2D eigenvalue weighted by Gasteiger charge is 2.08. The number of alkyl halides is 2. The first-order valence-electron chi connectivity index (χ1n) is 5.04. The third kappa shape index (κ3) is 4.19. The van der Waals surface area contributed by atoms with Gasteiger partial charge in [0.25, 0.3) is 0 Å². The van der Waals surface area contributed by atoms with Gasteiger partial charge in [0.05, 0.1) is 12.5 Å². The Morgan fingerprint density at radius 2 is 2.18 bits per heavy atom. The van der Waals surface area contributed by atoms with Crippen LogP contribution in [0, 0.1) is 11.3 Å². The SMILES string of the molecule is N#CCc1ccc(OC(F)F)cc1CCC=O. The zero-order valence-corrected chi connectivity index (χ0v) is 9.03. The topological polar surface area (TPSA) is 50.1 Å². The highest BCUT2D eigenvalue weighted by Crippen LogP contribution is 2.21. The molecule has 0 amide bonds. The van der Waals surface area contributed by atoms with Crippen LogP contribution in [0.4, 0.5) is 8.78 Å². The van der Waals surface area contributed by atoms with Crippen molar-refractivity contribution in [3.63, 3.8) is 0 Å². The van der Waals surface area contributed by atoms with Gasteiger partial charge >= 0.3 is 6.61 Å². The van der Waals surface area contributed by atoms with Crippen molar-refractivity contribution in [1.82, 2.24) is 0 Å². The summed E-state index contributed by atoms with van der Waals surface area (Å²) >= 11 is 0. The van der Waals surface area contributed by atoms with Crippen LogP contribution in [0.2, 0.25) is 0 Å². The van der Waals surface area contributed by atoms with Crippen LogP contribution in [0.25, 0.3) is 0 Å². The van der Waals surface area contributed by atoms with Crippen molar-refractivity contribution < 1.29 is 18.3 Å². The van der Waals surface area contributed by atoms with Gasteiger partial charge in [-0.2, -0.15) is 14.0 Å². The predicted octanol–water partition coefficient (Wildman–Crippen LogP) is 2.49. The van der Waals surface area contributed by atoms with Gasteiger partial charge in [-0.05, 0) is 29.7 Å². The quantitative estimate of drug-likeness (QED) is 0.716. The molecule has 3 nitrogen and oxygen atoms in total. The number of hydrogen-bond acceptors (Lipinski definition) is 3. The van der Waals surface area contributed by atoms with Crippen LogP contribution < -0.4 is 4.74 Å². The molecule has 0 spiro atoms. The second kappa shape index (κ2) is 6.59. The standard InChI is InChI=1S/C12H11F2NO2/c13-12(14)17-11-4-3-9(5-6-15)10(8-11)2-1-7-16/h3-4,7-8,12H,1-2,5H2. The number of halogens is 2. The molecular weight excluding hydrogens is 228 g/mol. The lowest BCUT2D eigenvalue weighted by Gasteiger charge is -2.09. The Hall–Kier alpha value is -1.96. The number of carbonyl (C=O) groups excluding carboxylic acids is 1. The second-order valence-corrected chi connectivity index (χ2v) is 3.35.